The van der Waals surface area contributed by atoms with Crippen LogP contribution in [0.4, 0.5) is 0 Å². The molecule has 1 amide bonds. The quantitative estimate of drug-likeness (QED) is 0.584. The molecule has 64 valence electrons. The first-order valence-electron chi connectivity index (χ1n) is 3.29. The molecule has 0 saturated carbocycles. The largest absolute Gasteiger partial charge is 0.368 e. The van der Waals surface area contributed by atoms with Crippen molar-refractivity contribution in [3.8, 4) is 0 Å². The minimum atomic E-state index is -0.519. The first-order chi connectivity index (χ1) is 5.59. The molecule has 1 aromatic rings. The lowest BCUT2D eigenvalue weighted by Crippen LogP contribution is -2.18. The highest BCUT2D eigenvalue weighted by Crippen LogP contribution is 1.92. The van der Waals surface area contributed by atoms with Gasteiger partial charge in [0, 0.05) is 6.92 Å². The van der Waals surface area contributed by atoms with Gasteiger partial charge in [0.1, 0.15) is 12.2 Å². The van der Waals surface area contributed by atoms with Gasteiger partial charge in [-0.2, -0.15) is 0 Å². The molecule has 0 spiro atoms. The highest BCUT2D eigenvalue weighted by atomic mass is 16.1. The maximum Gasteiger partial charge on any atom is 0.239 e. The van der Waals surface area contributed by atoms with Gasteiger partial charge in [-0.1, -0.05) is 5.21 Å². The summed E-state index contributed by atoms with van der Waals surface area (Å²) in [7, 11) is 0. The van der Waals surface area contributed by atoms with Crippen LogP contribution in [0.25, 0.3) is 0 Å². The summed E-state index contributed by atoms with van der Waals surface area (Å²) in [5.74, 6) is -0.708. The Hall–Kier alpha value is -1.72. The van der Waals surface area contributed by atoms with E-state index in [0.717, 1.165) is 0 Å². The molecule has 0 aliphatic heterocycles. The minimum absolute atomic E-state index is 0.0553. The number of nitrogens with two attached hydrogens (primary N) is 1. The number of amides is 1. The monoisotopic (exact) mass is 168 g/mol. The van der Waals surface area contributed by atoms with E-state index in [-0.39, 0.29) is 18.0 Å². The van der Waals surface area contributed by atoms with Crippen molar-refractivity contribution in [3.05, 3.63) is 11.9 Å². The van der Waals surface area contributed by atoms with Gasteiger partial charge in [-0.25, -0.2) is 4.68 Å². The first-order valence-corrected chi connectivity index (χ1v) is 3.29. The van der Waals surface area contributed by atoms with Crippen LogP contribution in [0.2, 0.25) is 0 Å². The summed E-state index contributed by atoms with van der Waals surface area (Å²) in [5, 5.41) is 7.05. The SMILES string of the molecule is CC(=O)c1cn(CC(N)=O)nn1. The van der Waals surface area contributed by atoms with Crippen LogP contribution in [0.3, 0.4) is 0 Å². The highest BCUT2D eigenvalue weighted by Gasteiger charge is 2.05. The van der Waals surface area contributed by atoms with E-state index < -0.39 is 5.91 Å². The number of hydrogen-bond acceptors (Lipinski definition) is 4. The van der Waals surface area contributed by atoms with Crippen LogP contribution in [0, 0.1) is 0 Å². The lowest BCUT2D eigenvalue weighted by molar-refractivity contribution is -0.118. The lowest BCUT2D eigenvalue weighted by atomic mass is 10.3. The average molecular weight is 168 g/mol. The van der Waals surface area contributed by atoms with Gasteiger partial charge >= 0.3 is 0 Å². The zero-order chi connectivity index (χ0) is 9.14. The van der Waals surface area contributed by atoms with Gasteiger partial charge in [0.15, 0.2) is 5.78 Å². The summed E-state index contributed by atoms with van der Waals surface area (Å²) in [4.78, 5) is 21.1. The topological polar surface area (TPSA) is 90.9 Å². The van der Waals surface area contributed by atoms with Crippen LogP contribution in [-0.2, 0) is 11.3 Å². The Bertz CT molecular complexity index is 317. The summed E-state index contributed by atoms with van der Waals surface area (Å²) >= 11 is 0. The van der Waals surface area contributed by atoms with Crippen molar-refractivity contribution in [2.75, 3.05) is 0 Å². The highest BCUT2D eigenvalue weighted by molar-refractivity contribution is 5.91. The molecule has 6 heteroatoms. The average Bonchev–Trinajstić information content (AvgIpc) is 2.34. The fourth-order valence-electron chi connectivity index (χ4n) is 0.697. The molecule has 1 heterocycles. The minimum Gasteiger partial charge on any atom is -0.368 e. The van der Waals surface area contributed by atoms with Crippen molar-refractivity contribution in [1.29, 1.82) is 0 Å². The van der Waals surface area contributed by atoms with Crippen LogP contribution in [0.15, 0.2) is 6.20 Å². The van der Waals surface area contributed by atoms with Crippen molar-refractivity contribution < 1.29 is 9.59 Å². The Labute approximate surface area is 68.3 Å². The van der Waals surface area contributed by atoms with Gasteiger partial charge in [0.25, 0.3) is 0 Å². The molecule has 2 N–H and O–H groups in total. The molecule has 0 unspecified atom stereocenters. The Morgan fingerprint density at radius 1 is 1.67 bits per heavy atom. The molecule has 1 rings (SSSR count). The number of nitrogens with zero attached hydrogens (tertiary/aromatic N) is 3. The van der Waals surface area contributed by atoms with Gasteiger partial charge in [0.2, 0.25) is 5.91 Å². The fraction of sp³-hybridized carbons (Fsp3) is 0.333. The second kappa shape index (κ2) is 3.12. The van der Waals surface area contributed by atoms with E-state index in [1.165, 1.54) is 17.8 Å². The molecule has 12 heavy (non-hydrogen) atoms. The van der Waals surface area contributed by atoms with E-state index in [9.17, 15) is 9.59 Å². The summed E-state index contributed by atoms with van der Waals surface area (Å²) in [6, 6.07) is 0. The van der Waals surface area contributed by atoms with Crippen molar-refractivity contribution in [2.24, 2.45) is 5.73 Å². The zero-order valence-corrected chi connectivity index (χ0v) is 6.52. The standard InChI is InChI=1S/C6H8N4O2/c1-4(11)5-2-10(9-8-5)3-6(7)12/h2H,3H2,1H3,(H2,7,12). The molecule has 0 aliphatic rings. The summed E-state index contributed by atoms with van der Waals surface area (Å²) in [5.41, 5.74) is 5.13. The van der Waals surface area contributed by atoms with Crippen LogP contribution in [-0.4, -0.2) is 26.7 Å². The van der Waals surface area contributed by atoms with Crippen LogP contribution in [0.5, 0.6) is 0 Å². The summed E-state index contributed by atoms with van der Waals surface area (Å²) < 4.78 is 1.22. The van der Waals surface area contributed by atoms with Crippen molar-refractivity contribution in [3.63, 3.8) is 0 Å². The van der Waals surface area contributed by atoms with E-state index in [4.69, 9.17) is 5.73 Å². The molecule has 6 nitrogen and oxygen atoms in total. The van der Waals surface area contributed by atoms with Gasteiger partial charge in [-0.3, -0.25) is 9.59 Å². The van der Waals surface area contributed by atoms with E-state index in [2.05, 4.69) is 10.3 Å². The Balaban J connectivity index is 2.77. The second-order valence-corrected chi connectivity index (χ2v) is 2.32. The van der Waals surface area contributed by atoms with E-state index >= 15 is 0 Å². The number of hydrogen-bond donors (Lipinski definition) is 1. The van der Waals surface area contributed by atoms with Crippen LogP contribution < -0.4 is 5.73 Å². The van der Waals surface area contributed by atoms with Crippen molar-refractivity contribution >= 4 is 11.7 Å². The molecular weight excluding hydrogens is 160 g/mol. The van der Waals surface area contributed by atoms with Crippen molar-refractivity contribution in [2.45, 2.75) is 13.5 Å². The predicted molar refractivity (Wildman–Crippen MR) is 39.2 cm³/mol. The molecule has 0 aliphatic carbocycles. The number of ketones is 1. The van der Waals surface area contributed by atoms with Gasteiger partial charge in [-0.05, 0) is 0 Å². The molecular formula is C6H8N4O2. The third-order valence-electron chi connectivity index (χ3n) is 1.22. The Kier molecular flexibility index (Phi) is 2.18. The van der Waals surface area contributed by atoms with Gasteiger partial charge in [-0.15, -0.1) is 5.10 Å². The maximum atomic E-state index is 10.7. The zero-order valence-electron chi connectivity index (χ0n) is 6.52. The summed E-state index contributed by atoms with van der Waals surface area (Å²) in [6.45, 7) is 1.32. The number of primary amides is 1. The van der Waals surface area contributed by atoms with E-state index in [1.807, 2.05) is 0 Å². The van der Waals surface area contributed by atoms with E-state index in [1.54, 1.807) is 0 Å². The second-order valence-electron chi connectivity index (χ2n) is 2.32. The molecule has 0 bridgehead atoms. The first kappa shape index (κ1) is 8.38. The normalized spacial score (nSPS) is 9.75. The molecule has 0 aromatic carbocycles. The number of carbonyl (C=O) groups excluding carboxylic acids is 2. The van der Waals surface area contributed by atoms with Gasteiger partial charge in [0.05, 0.1) is 6.20 Å². The number of rotatable bonds is 3. The molecule has 1 aromatic heterocycles. The third kappa shape index (κ3) is 1.88. The molecule has 0 saturated heterocycles. The molecule has 0 radical (unpaired) electrons. The van der Waals surface area contributed by atoms with Gasteiger partial charge < -0.3 is 5.73 Å². The third-order valence-corrected chi connectivity index (χ3v) is 1.22. The summed E-state index contributed by atoms with van der Waals surface area (Å²) in [6.07, 6.45) is 1.38. The van der Waals surface area contributed by atoms with Crippen LogP contribution >= 0.6 is 0 Å². The Morgan fingerprint density at radius 2 is 2.33 bits per heavy atom. The fourth-order valence-corrected chi connectivity index (χ4v) is 0.697. The molecule has 0 fully saturated rings. The number of carbonyl (C=O) groups is 2. The van der Waals surface area contributed by atoms with Crippen molar-refractivity contribution in [1.82, 2.24) is 15.0 Å². The number of Topliss-reactive ketones (excluding diaryl/α,β-unsaturated/α-hetero) is 1. The molecule has 0 atom stereocenters. The predicted octanol–water partition coefficient (Wildman–Crippen LogP) is -1.03. The van der Waals surface area contributed by atoms with E-state index in [0.29, 0.717) is 0 Å². The lowest BCUT2D eigenvalue weighted by Gasteiger charge is -1.91. The smallest absolute Gasteiger partial charge is 0.239 e. The van der Waals surface area contributed by atoms with Crippen LogP contribution in [0.1, 0.15) is 17.4 Å². The number of aromatic nitrogens is 3. The Morgan fingerprint density at radius 3 is 2.75 bits per heavy atom. The maximum absolute atomic E-state index is 10.7.